The Labute approximate surface area is 265 Å². The van der Waals surface area contributed by atoms with Gasteiger partial charge in [0, 0.05) is 0 Å². The Kier molecular flexibility index (Phi) is 24.1. The van der Waals surface area contributed by atoms with Crippen LogP contribution in [0.15, 0.2) is 24.3 Å². The molecule has 0 amide bonds. The summed E-state index contributed by atoms with van der Waals surface area (Å²) in [5.41, 5.74) is 0.0514. The average Bonchev–Trinajstić information content (AvgIpc) is 2.91. The van der Waals surface area contributed by atoms with Gasteiger partial charge < -0.3 is 14.0 Å². The van der Waals surface area contributed by atoms with E-state index in [1.54, 1.807) is 12.1 Å². The second-order valence-electron chi connectivity index (χ2n) is 10.5. The van der Waals surface area contributed by atoms with Crippen molar-refractivity contribution in [2.75, 3.05) is 13.2 Å². The summed E-state index contributed by atoms with van der Waals surface area (Å²) in [6.07, 6.45) is 21.7. The van der Waals surface area contributed by atoms with Crippen molar-refractivity contribution in [3.05, 3.63) is 35.4 Å². The van der Waals surface area contributed by atoms with E-state index < -0.39 is 33.9 Å². The van der Waals surface area contributed by atoms with Crippen LogP contribution in [0.2, 0.25) is 0 Å². The van der Waals surface area contributed by atoms with Gasteiger partial charge in [0.05, 0.1) is 23.0 Å². The van der Waals surface area contributed by atoms with Gasteiger partial charge in [0.1, 0.15) is 16.7 Å². The molecule has 0 fully saturated rings. The zero-order valence-electron chi connectivity index (χ0n) is 25.3. The van der Waals surface area contributed by atoms with E-state index in [0.717, 1.165) is 19.3 Å². The number of esters is 2. The topological polar surface area (TPSA) is 110 Å². The number of unbranched alkanes of at least 4 members (excludes halogenated alkanes) is 16. The summed E-state index contributed by atoms with van der Waals surface area (Å²) in [5.74, 6) is -1.48. The van der Waals surface area contributed by atoms with Crippen molar-refractivity contribution in [2.45, 2.75) is 135 Å². The normalized spacial score (nSPS) is 12.0. The van der Waals surface area contributed by atoms with Crippen LogP contribution in [0, 0.1) is 0 Å². The molecule has 0 aliphatic carbocycles. The van der Waals surface area contributed by atoms with Crippen LogP contribution in [0.4, 0.5) is 0 Å². The summed E-state index contributed by atoms with van der Waals surface area (Å²) in [5, 5.41) is -1.32. The first-order chi connectivity index (χ1) is 18.8. The predicted octanol–water partition coefficient (Wildman–Crippen LogP) is 4.98. The summed E-state index contributed by atoms with van der Waals surface area (Å²) in [7, 11) is -4.57. The van der Waals surface area contributed by atoms with Crippen LogP contribution in [0.1, 0.15) is 150 Å². The van der Waals surface area contributed by atoms with Crippen molar-refractivity contribution >= 4 is 22.1 Å². The van der Waals surface area contributed by atoms with Gasteiger partial charge in [0.15, 0.2) is 0 Å². The molecule has 1 unspecified atom stereocenters. The van der Waals surface area contributed by atoms with Crippen LogP contribution < -0.4 is 29.6 Å². The van der Waals surface area contributed by atoms with Crippen molar-refractivity contribution in [1.82, 2.24) is 0 Å². The molecule has 40 heavy (non-hydrogen) atoms. The maximum atomic E-state index is 12.5. The van der Waals surface area contributed by atoms with Crippen LogP contribution in [0.25, 0.3) is 0 Å². The SMILES string of the molecule is CCCCCCCCCCCCCCCCCCCOC(=O)c1ccccc1C(=O)OCC(CC)S(=O)(=O)[O-].[Na+]. The molecule has 0 saturated heterocycles. The van der Waals surface area contributed by atoms with E-state index in [2.05, 4.69) is 6.92 Å². The van der Waals surface area contributed by atoms with Crippen LogP contribution in [-0.4, -0.2) is 43.4 Å². The average molecular weight is 591 g/mol. The van der Waals surface area contributed by atoms with E-state index in [0.29, 0.717) is 0 Å². The van der Waals surface area contributed by atoms with Gasteiger partial charge in [-0.05, 0) is 25.0 Å². The second kappa shape index (κ2) is 24.6. The molecule has 1 atom stereocenters. The van der Waals surface area contributed by atoms with Gasteiger partial charge in [0.2, 0.25) is 0 Å². The summed E-state index contributed by atoms with van der Waals surface area (Å²) >= 11 is 0. The number of hydrogen-bond donors (Lipinski definition) is 0. The molecule has 0 spiro atoms. The largest absolute Gasteiger partial charge is 1.00 e. The minimum Gasteiger partial charge on any atom is -0.748 e. The molecule has 0 aliphatic heterocycles. The fourth-order valence-electron chi connectivity index (χ4n) is 4.56. The van der Waals surface area contributed by atoms with Gasteiger partial charge in [-0.2, -0.15) is 0 Å². The van der Waals surface area contributed by atoms with Crippen LogP contribution in [0.5, 0.6) is 0 Å². The Morgan fingerprint density at radius 1 is 0.675 bits per heavy atom. The molecular weight excluding hydrogens is 539 g/mol. The van der Waals surface area contributed by atoms with E-state index in [4.69, 9.17) is 9.47 Å². The molecule has 1 rings (SSSR count). The quantitative estimate of drug-likeness (QED) is 0.0723. The first-order valence-electron chi connectivity index (χ1n) is 15.2. The third kappa shape index (κ3) is 18.5. The van der Waals surface area contributed by atoms with Gasteiger partial charge in [-0.25, -0.2) is 18.0 Å². The number of hydrogen-bond acceptors (Lipinski definition) is 7. The monoisotopic (exact) mass is 590 g/mol. The molecule has 7 nitrogen and oxygen atoms in total. The Hall–Kier alpha value is -0.930. The van der Waals surface area contributed by atoms with Crippen molar-refractivity contribution < 1.29 is 61.6 Å². The number of carbonyl (C=O) groups is 2. The van der Waals surface area contributed by atoms with Gasteiger partial charge in [-0.3, -0.25) is 0 Å². The summed E-state index contributed by atoms with van der Waals surface area (Å²) < 4.78 is 44.0. The molecule has 0 N–H and O–H groups in total. The molecule has 224 valence electrons. The molecule has 0 heterocycles. The molecule has 0 aromatic heterocycles. The first-order valence-corrected chi connectivity index (χ1v) is 16.7. The van der Waals surface area contributed by atoms with Gasteiger partial charge in [-0.15, -0.1) is 0 Å². The molecule has 0 aliphatic rings. The summed E-state index contributed by atoms with van der Waals surface area (Å²) in [6, 6.07) is 6.07. The molecular formula is C31H51NaO7S. The van der Waals surface area contributed by atoms with Crippen LogP contribution in [-0.2, 0) is 19.6 Å². The smallest absolute Gasteiger partial charge is 0.748 e. The zero-order valence-corrected chi connectivity index (χ0v) is 28.1. The Morgan fingerprint density at radius 2 is 1.05 bits per heavy atom. The molecule has 1 aromatic rings. The van der Waals surface area contributed by atoms with E-state index in [9.17, 15) is 22.6 Å². The van der Waals surface area contributed by atoms with Gasteiger partial charge >= 0.3 is 41.5 Å². The fourth-order valence-corrected chi connectivity index (χ4v) is 5.20. The van der Waals surface area contributed by atoms with Gasteiger partial charge in [0.25, 0.3) is 0 Å². The molecule has 0 saturated carbocycles. The van der Waals surface area contributed by atoms with E-state index >= 15 is 0 Å². The van der Waals surface area contributed by atoms with Crippen molar-refractivity contribution in [3.63, 3.8) is 0 Å². The molecule has 1 aromatic carbocycles. The van der Waals surface area contributed by atoms with Crippen molar-refractivity contribution in [2.24, 2.45) is 0 Å². The molecule has 9 heteroatoms. The molecule has 0 radical (unpaired) electrons. The minimum absolute atomic E-state index is 0. The number of carbonyl (C=O) groups excluding carboxylic acids is 2. The standard InChI is InChI=1S/C31H52O7S.Na/c1-3-5-6-7-8-9-10-11-12-13-14-15-16-17-18-19-22-25-37-30(32)28-23-20-21-24-29(28)31(33)38-26-27(4-2)39(34,35)36;/h20-21,23-24,27H,3-19,22,25-26H2,1-2H3,(H,34,35,36);/q;+1/p-1. The Morgan fingerprint density at radius 3 is 1.43 bits per heavy atom. The zero-order chi connectivity index (χ0) is 28.8. The van der Waals surface area contributed by atoms with Crippen LogP contribution >= 0.6 is 0 Å². The maximum Gasteiger partial charge on any atom is 1.00 e. The van der Waals surface area contributed by atoms with Crippen LogP contribution in [0.3, 0.4) is 0 Å². The number of ether oxygens (including phenoxy) is 2. The summed E-state index contributed by atoms with van der Waals surface area (Å²) in [4.78, 5) is 25.0. The predicted molar refractivity (Wildman–Crippen MR) is 155 cm³/mol. The van der Waals surface area contributed by atoms with E-state index in [1.807, 2.05) is 0 Å². The third-order valence-electron chi connectivity index (χ3n) is 7.11. The minimum atomic E-state index is -4.57. The van der Waals surface area contributed by atoms with Crippen molar-refractivity contribution in [1.29, 1.82) is 0 Å². The van der Waals surface area contributed by atoms with E-state index in [1.165, 1.54) is 109 Å². The number of benzene rings is 1. The summed E-state index contributed by atoms with van der Waals surface area (Å²) in [6.45, 7) is 3.51. The Bertz CT molecular complexity index is 905. The third-order valence-corrected chi connectivity index (χ3v) is 8.40. The van der Waals surface area contributed by atoms with E-state index in [-0.39, 0.29) is 53.7 Å². The first kappa shape index (κ1) is 39.1. The molecule has 0 bridgehead atoms. The van der Waals surface area contributed by atoms with Crippen molar-refractivity contribution in [3.8, 4) is 0 Å². The second-order valence-corrected chi connectivity index (χ2v) is 12.1. The van der Waals surface area contributed by atoms with Gasteiger partial charge in [-0.1, -0.05) is 129 Å². The Balaban J connectivity index is 0.0000152. The fraction of sp³-hybridized carbons (Fsp3) is 0.742. The maximum absolute atomic E-state index is 12.5. The number of rotatable bonds is 24.